The SMILES string of the molecule is CC(C)(C)OC(=O)N[C@H]1CCCCCCC[C@@H]2C[C@@]2(C(=O)NS(=O)(=O)Cc2ccccc2F)NC(=O)[C@@H]2C[C@@H](OC(=O)N3Cc4cccc(F)c4C3)CN2C1=O. The Kier molecular flexibility index (Phi) is 11.9. The largest absolute Gasteiger partial charge is 0.444 e. The number of ether oxygens (including phenoxy) is 2. The van der Waals surface area contributed by atoms with Crippen LogP contribution in [0.5, 0.6) is 0 Å². The Balaban J connectivity index is 1.25. The molecule has 17 heteroatoms. The average Bonchev–Trinajstić information content (AvgIpc) is 3.40. The number of sulfonamides is 1. The second kappa shape index (κ2) is 16.4. The number of fused-ring (bicyclic) bond motifs is 3. The number of hydrogen-bond donors (Lipinski definition) is 3. The average molecular weight is 802 g/mol. The van der Waals surface area contributed by atoms with Crippen LogP contribution in [-0.2, 0) is 52.7 Å². The molecule has 2 saturated heterocycles. The van der Waals surface area contributed by atoms with Crippen LogP contribution in [0, 0.1) is 17.6 Å². The first-order valence-corrected chi connectivity index (χ1v) is 20.7. The van der Waals surface area contributed by atoms with Gasteiger partial charge in [0.15, 0.2) is 0 Å². The number of hydrogen-bond acceptors (Lipinski definition) is 9. The van der Waals surface area contributed by atoms with Gasteiger partial charge in [-0.3, -0.25) is 24.0 Å². The van der Waals surface area contributed by atoms with Crippen molar-refractivity contribution < 1.29 is 50.6 Å². The second-order valence-corrected chi connectivity index (χ2v) is 17.9. The zero-order chi connectivity index (χ0) is 40.4. The van der Waals surface area contributed by atoms with Crippen molar-refractivity contribution in [2.45, 2.75) is 127 Å². The number of rotatable bonds is 6. The molecule has 3 aliphatic heterocycles. The molecule has 5 atom stereocenters. The van der Waals surface area contributed by atoms with Gasteiger partial charge in [-0.05, 0) is 63.6 Å². The number of alkyl carbamates (subject to hydrolysis) is 1. The molecule has 56 heavy (non-hydrogen) atoms. The minimum Gasteiger partial charge on any atom is -0.444 e. The number of benzene rings is 2. The van der Waals surface area contributed by atoms with Gasteiger partial charge in [-0.1, -0.05) is 62.4 Å². The summed E-state index contributed by atoms with van der Waals surface area (Å²) in [6.07, 6.45) is 1.65. The minimum atomic E-state index is -4.40. The number of nitrogens with one attached hydrogen (secondary N) is 3. The highest BCUT2D eigenvalue weighted by Crippen LogP contribution is 2.48. The van der Waals surface area contributed by atoms with Crippen molar-refractivity contribution in [1.82, 2.24) is 25.2 Å². The van der Waals surface area contributed by atoms with Crippen LogP contribution in [-0.4, -0.2) is 84.0 Å². The molecule has 5 amide bonds. The summed E-state index contributed by atoms with van der Waals surface area (Å²) in [7, 11) is -4.40. The van der Waals surface area contributed by atoms with E-state index in [0.29, 0.717) is 30.4 Å². The molecule has 1 saturated carbocycles. The van der Waals surface area contributed by atoms with Crippen LogP contribution in [0.25, 0.3) is 0 Å². The minimum absolute atomic E-state index is 0.0269. The molecular formula is C39H49F2N5O9S. The number of nitrogens with zero attached hydrogens (tertiary/aromatic N) is 2. The van der Waals surface area contributed by atoms with Crippen molar-refractivity contribution >= 4 is 39.9 Å². The van der Waals surface area contributed by atoms with Gasteiger partial charge in [-0.15, -0.1) is 0 Å². The smallest absolute Gasteiger partial charge is 0.410 e. The van der Waals surface area contributed by atoms with Crippen LogP contribution < -0.4 is 15.4 Å². The van der Waals surface area contributed by atoms with Crippen molar-refractivity contribution in [1.29, 1.82) is 0 Å². The fourth-order valence-electron chi connectivity index (χ4n) is 7.84. The van der Waals surface area contributed by atoms with Crippen molar-refractivity contribution in [3.05, 3.63) is 70.8 Å². The van der Waals surface area contributed by atoms with Gasteiger partial charge < -0.3 is 25.0 Å². The highest BCUT2D eigenvalue weighted by molar-refractivity contribution is 7.89. The quantitative estimate of drug-likeness (QED) is 0.378. The molecule has 6 rings (SSSR count). The number of carbonyl (C=O) groups excluding carboxylic acids is 5. The van der Waals surface area contributed by atoms with E-state index in [-0.39, 0.29) is 44.5 Å². The molecule has 3 N–H and O–H groups in total. The molecule has 14 nitrogen and oxygen atoms in total. The van der Waals surface area contributed by atoms with Crippen molar-refractivity contribution in [3.63, 3.8) is 0 Å². The molecule has 3 fully saturated rings. The highest BCUT2D eigenvalue weighted by Gasteiger charge is 2.62. The molecular weight excluding hydrogens is 753 g/mol. The summed E-state index contributed by atoms with van der Waals surface area (Å²) in [6, 6.07) is 7.46. The molecule has 0 unspecified atom stereocenters. The maximum Gasteiger partial charge on any atom is 0.410 e. The fourth-order valence-corrected chi connectivity index (χ4v) is 9.02. The van der Waals surface area contributed by atoms with Crippen molar-refractivity contribution in [2.24, 2.45) is 5.92 Å². The lowest BCUT2D eigenvalue weighted by atomic mass is 10.0. The Bertz CT molecular complexity index is 1980. The summed E-state index contributed by atoms with van der Waals surface area (Å²) >= 11 is 0. The third-order valence-electron chi connectivity index (χ3n) is 10.7. The molecule has 0 aromatic heterocycles. The molecule has 3 heterocycles. The van der Waals surface area contributed by atoms with Crippen LogP contribution in [0.3, 0.4) is 0 Å². The monoisotopic (exact) mass is 801 g/mol. The van der Waals surface area contributed by atoms with E-state index in [1.165, 1.54) is 34.1 Å². The molecule has 0 spiro atoms. The van der Waals surface area contributed by atoms with Gasteiger partial charge in [0.2, 0.25) is 21.8 Å². The molecule has 2 aromatic carbocycles. The van der Waals surface area contributed by atoms with Gasteiger partial charge in [0.25, 0.3) is 5.91 Å². The van der Waals surface area contributed by atoms with E-state index < -0.39 is 92.6 Å². The number of amides is 5. The second-order valence-electron chi connectivity index (χ2n) is 16.2. The topological polar surface area (TPSA) is 181 Å². The molecule has 2 aromatic rings. The van der Waals surface area contributed by atoms with Gasteiger partial charge in [0, 0.05) is 24.1 Å². The summed E-state index contributed by atoms with van der Waals surface area (Å²) in [5.41, 5.74) is -1.64. The van der Waals surface area contributed by atoms with Crippen LogP contribution in [0.1, 0.15) is 95.2 Å². The van der Waals surface area contributed by atoms with E-state index in [4.69, 9.17) is 9.47 Å². The Morgan fingerprint density at radius 2 is 1.64 bits per heavy atom. The van der Waals surface area contributed by atoms with Crippen LogP contribution in [0.15, 0.2) is 42.5 Å². The predicted octanol–water partition coefficient (Wildman–Crippen LogP) is 4.55. The normalized spacial score (nSPS) is 25.7. The lowest BCUT2D eigenvalue weighted by Gasteiger charge is -2.30. The molecule has 1 aliphatic carbocycles. The molecule has 0 radical (unpaired) electrons. The third kappa shape index (κ3) is 9.59. The predicted molar refractivity (Wildman–Crippen MR) is 198 cm³/mol. The zero-order valence-corrected chi connectivity index (χ0v) is 32.6. The third-order valence-corrected chi connectivity index (χ3v) is 11.9. The first-order valence-electron chi connectivity index (χ1n) is 19.1. The van der Waals surface area contributed by atoms with Crippen molar-refractivity contribution in [2.75, 3.05) is 6.54 Å². The van der Waals surface area contributed by atoms with Gasteiger partial charge in [-0.25, -0.2) is 26.8 Å². The fraction of sp³-hybridized carbons (Fsp3) is 0.564. The molecule has 4 aliphatic rings. The van der Waals surface area contributed by atoms with Gasteiger partial charge in [-0.2, -0.15) is 0 Å². The van der Waals surface area contributed by atoms with Gasteiger partial charge in [0.05, 0.1) is 18.8 Å². The lowest BCUT2D eigenvalue weighted by Crippen LogP contribution is -2.58. The summed E-state index contributed by atoms with van der Waals surface area (Å²) in [5.74, 6) is -4.80. The summed E-state index contributed by atoms with van der Waals surface area (Å²) in [6.45, 7) is 4.89. The Hall–Kier alpha value is -4.80. The first-order chi connectivity index (χ1) is 26.4. The Labute approximate surface area is 325 Å². The standard InChI is InChI=1S/C39H49F2N5O9S/c1-38(2,3)55-36(50)42-31-17-8-6-4-5-7-14-26-19-39(26,35(49)44-56(52,53)23-25-12-9-10-15-29(25)40)43-33(47)32-18-27(21-46(32)34(31)48)54-37(51)45-20-24-13-11-16-30(41)28(24)22-45/h9-13,15-16,26-27,31-32H,4-8,14,17-23H2,1-3H3,(H,42,50)(H,43,47)(H,44,49)/t26-,27-,31+,32+,39-/m1/s1. The highest BCUT2D eigenvalue weighted by atomic mass is 32.2. The molecule has 0 bridgehead atoms. The van der Waals surface area contributed by atoms with E-state index in [2.05, 4.69) is 15.4 Å². The molecule has 304 valence electrons. The van der Waals surface area contributed by atoms with Crippen LogP contribution in [0.4, 0.5) is 18.4 Å². The first kappa shape index (κ1) is 40.9. The Morgan fingerprint density at radius 3 is 2.36 bits per heavy atom. The van der Waals surface area contributed by atoms with Crippen molar-refractivity contribution in [3.8, 4) is 0 Å². The van der Waals surface area contributed by atoms with E-state index in [1.54, 1.807) is 32.9 Å². The van der Waals surface area contributed by atoms with Crippen LogP contribution >= 0.6 is 0 Å². The summed E-state index contributed by atoms with van der Waals surface area (Å²) in [4.78, 5) is 71.4. The van der Waals surface area contributed by atoms with E-state index >= 15 is 0 Å². The van der Waals surface area contributed by atoms with E-state index in [1.807, 2.05) is 0 Å². The van der Waals surface area contributed by atoms with Crippen LogP contribution in [0.2, 0.25) is 0 Å². The van der Waals surface area contributed by atoms with Gasteiger partial charge >= 0.3 is 12.2 Å². The number of halogens is 2. The summed E-state index contributed by atoms with van der Waals surface area (Å²) in [5, 5.41) is 5.43. The Morgan fingerprint density at radius 1 is 0.946 bits per heavy atom. The van der Waals surface area contributed by atoms with E-state index in [9.17, 15) is 41.2 Å². The zero-order valence-electron chi connectivity index (χ0n) is 31.8. The summed E-state index contributed by atoms with van der Waals surface area (Å²) < 4.78 is 68.4. The lowest BCUT2D eigenvalue weighted by molar-refractivity contribution is -0.141. The van der Waals surface area contributed by atoms with E-state index in [0.717, 1.165) is 25.3 Å². The number of carbonyl (C=O) groups is 5. The maximum absolute atomic E-state index is 14.5. The van der Waals surface area contributed by atoms with Gasteiger partial charge in [0.1, 0.15) is 41.0 Å². The maximum atomic E-state index is 14.5.